The number of aryl methyl sites for hydroxylation is 1. The molecule has 1 fully saturated rings. The van der Waals surface area contributed by atoms with Gasteiger partial charge in [-0.25, -0.2) is 4.98 Å². The standard InChI is InChI=1S/C26H25N3O4/c1-17-14-20-15-19(8-9-21(20)33-17)24(30)22-23(18-6-3-2-4-7-18)29(26(32)25(22)31)12-5-11-28-13-10-27-16-28/h2-4,6-10,13,15-17,23,30H,5,11-12,14H2,1H3/b24-22+/t17-,23-/m1/s1. The van der Waals surface area contributed by atoms with Gasteiger partial charge in [0.15, 0.2) is 0 Å². The number of benzene rings is 2. The molecule has 168 valence electrons. The molecule has 1 aromatic heterocycles. The summed E-state index contributed by atoms with van der Waals surface area (Å²) in [6.45, 7) is 3.05. The molecule has 0 aliphatic carbocycles. The summed E-state index contributed by atoms with van der Waals surface area (Å²) in [4.78, 5) is 31.8. The number of hydrogen-bond donors (Lipinski definition) is 1. The quantitative estimate of drug-likeness (QED) is 0.357. The molecule has 1 amide bonds. The fourth-order valence-electron chi connectivity index (χ4n) is 4.66. The van der Waals surface area contributed by atoms with Crippen molar-refractivity contribution in [2.75, 3.05) is 6.54 Å². The van der Waals surface area contributed by atoms with E-state index in [9.17, 15) is 14.7 Å². The number of likely N-dealkylation sites (tertiary alicyclic amines) is 1. The highest BCUT2D eigenvalue weighted by Crippen LogP contribution is 2.40. The van der Waals surface area contributed by atoms with E-state index in [-0.39, 0.29) is 17.4 Å². The Morgan fingerprint density at radius 3 is 2.73 bits per heavy atom. The minimum absolute atomic E-state index is 0.0720. The number of carbonyl (C=O) groups excluding carboxylic acids is 2. The molecule has 33 heavy (non-hydrogen) atoms. The Hall–Kier alpha value is -3.87. The maximum Gasteiger partial charge on any atom is 0.295 e. The number of aliphatic hydroxyl groups excluding tert-OH is 1. The highest BCUT2D eigenvalue weighted by atomic mass is 16.5. The first-order valence-electron chi connectivity index (χ1n) is 11.1. The van der Waals surface area contributed by atoms with Gasteiger partial charge >= 0.3 is 0 Å². The number of amides is 1. The van der Waals surface area contributed by atoms with Gasteiger partial charge in [0.05, 0.1) is 17.9 Å². The lowest BCUT2D eigenvalue weighted by atomic mass is 9.94. The zero-order chi connectivity index (χ0) is 22.9. The third-order valence-corrected chi connectivity index (χ3v) is 6.20. The first-order chi connectivity index (χ1) is 16.0. The fraction of sp³-hybridized carbons (Fsp3) is 0.269. The number of rotatable bonds is 6. The van der Waals surface area contributed by atoms with Gasteiger partial charge in [0.1, 0.15) is 17.6 Å². The van der Waals surface area contributed by atoms with E-state index in [1.807, 2.05) is 60.2 Å². The zero-order valence-corrected chi connectivity index (χ0v) is 18.3. The average molecular weight is 444 g/mol. The summed E-state index contributed by atoms with van der Waals surface area (Å²) in [6.07, 6.45) is 6.76. The maximum absolute atomic E-state index is 13.1. The molecule has 2 aromatic carbocycles. The molecular formula is C26H25N3O4. The predicted octanol–water partition coefficient (Wildman–Crippen LogP) is 3.72. The summed E-state index contributed by atoms with van der Waals surface area (Å²) in [5, 5.41) is 11.3. The lowest BCUT2D eigenvalue weighted by Crippen LogP contribution is -2.31. The van der Waals surface area contributed by atoms with Crippen LogP contribution in [0.2, 0.25) is 0 Å². The highest BCUT2D eigenvalue weighted by Gasteiger charge is 2.45. The number of Topliss-reactive ketones (excluding diaryl/α,β-unsaturated/α-hetero) is 1. The number of hydrogen-bond acceptors (Lipinski definition) is 5. The highest BCUT2D eigenvalue weighted by molar-refractivity contribution is 6.46. The van der Waals surface area contributed by atoms with Crippen LogP contribution in [-0.2, 0) is 22.6 Å². The minimum atomic E-state index is -0.658. The first-order valence-corrected chi connectivity index (χ1v) is 11.1. The van der Waals surface area contributed by atoms with Crippen LogP contribution in [0.1, 0.15) is 36.1 Å². The van der Waals surface area contributed by atoms with Crippen LogP contribution in [-0.4, -0.2) is 43.9 Å². The molecular weight excluding hydrogens is 418 g/mol. The van der Waals surface area contributed by atoms with E-state index in [4.69, 9.17) is 4.74 Å². The summed E-state index contributed by atoms with van der Waals surface area (Å²) < 4.78 is 7.69. The molecule has 0 spiro atoms. The molecule has 0 bridgehead atoms. The molecule has 7 nitrogen and oxygen atoms in total. The lowest BCUT2D eigenvalue weighted by Gasteiger charge is -2.25. The van der Waals surface area contributed by atoms with E-state index in [1.54, 1.807) is 23.5 Å². The molecule has 3 aromatic rings. The van der Waals surface area contributed by atoms with Crippen LogP contribution in [0, 0.1) is 0 Å². The van der Waals surface area contributed by atoms with Crippen molar-refractivity contribution in [3.8, 4) is 5.75 Å². The van der Waals surface area contributed by atoms with Crippen molar-refractivity contribution in [3.05, 3.63) is 89.5 Å². The monoisotopic (exact) mass is 443 g/mol. The molecule has 2 atom stereocenters. The minimum Gasteiger partial charge on any atom is -0.507 e. The second kappa shape index (κ2) is 8.58. The Labute approximate surface area is 191 Å². The molecule has 3 heterocycles. The van der Waals surface area contributed by atoms with Crippen molar-refractivity contribution in [3.63, 3.8) is 0 Å². The lowest BCUT2D eigenvalue weighted by molar-refractivity contribution is -0.139. The van der Waals surface area contributed by atoms with Crippen LogP contribution in [0.15, 0.2) is 72.8 Å². The van der Waals surface area contributed by atoms with Gasteiger partial charge in [0, 0.05) is 37.5 Å². The SMILES string of the molecule is C[C@@H]1Cc2cc(/C(O)=C3\C(=O)C(=O)N(CCCn4ccnc4)[C@@H]3c3ccccc3)ccc2O1. The number of carbonyl (C=O) groups is 2. The first kappa shape index (κ1) is 21.0. The van der Waals surface area contributed by atoms with Gasteiger partial charge in [-0.1, -0.05) is 30.3 Å². The van der Waals surface area contributed by atoms with Crippen molar-refractivity contribution < 1.29 is 19.4 Å². The number of ether oxygens (including phenoxy) is 1. The van der Waals surface area contributed by atoms with E-state index < -0.39 is 17.7 Å². The van der Waals surface area contributed by atoms with Crippen molar-refractivity contribution in [2.45, 2.75) is 38.5 Å². The maximum atomic E-state index is 13.1. The molecule has 7 heteroatoms. The number of imidazole rings is 1. The average Bonchev–Trinajstić information content (AvgIpc) is 3.53. The van der Waals surface area contributed by atoms with Gasteiger partial charge in [0.25, 0.3) is 11.7 Å². The van der Waals surface area contributed by atoms with E-state index in [1.165, 1.54) is 0 Å². The second-order valence-corrected chi connectivity index (χ2v) is 8.51. The van der Waals surface area contributed by atoms with Crippen LogP contribution < -0.4 is 4.74 Å². The van der Waals surface area contributed by atoms with Crippen LogP contribution >= 0.6 is 0 Å². The number of nitrogens with zero attached hydrogens (tertiary/aromatic N) is 3. The number of fused-ring (bicyclic) bond motifs is 1. The second-order valence-electron chi connectivity index (χ2n) is 8.51. The van der Waals surface area contributed by atoms with Gasteiger partial charge in [-0.3, -0.25) is 9.59 Å². The van der Waals surface area contributed by atoms with Crippen LogP contribution in [0.4, 0.5) is 0 Å². The Balaban J connectivity index is 1.51. The summed E-state index contributed by atoms with van der Waals surface area (Å²) in [6, 6.07) is 14.1. The van der Waals surface area contributed by atoms with Gasteiger partial charge in [-0.2, -0.15) is 0 Å². The molecule has 2 aliphatic heterocycles. The Bertz CT molecular complexity index is 1220. The number of ketones is 1. The molecule has 2 aliphatic rings. The van der Waals surface area contributed by atoms with E-state index in [0.717, 1.165) is 23.3 Å². The van der Waals surface area contributed by atoms with Gasteiger partial charge < -0.3 is 19.3 Å². The fourth-order valence-corrected chi connectivity index (χ4v) is 4.66. The third-order valence-electron chi connectivity index (χ3n) is 6.20. The Morgan fingerprint density at radius 2 is 1.97 bits per heavy atom. The summed E-state index contributed by atoms with van der Waals surface area (Å²) in [7, 11) is 0. The smallest absolute Gasteiger partial charge is 0.295 e. The Kier molecular flexibility index (Phi) is 5.46. The van der Waals surface area contributed by atoms with Crippen LogP contribution in [0.5, 0.6) is 5.75 Å². The van der Waals surface area contributed by atoms with Crippen molar-refractivity contribution in [2.24, 2.45) is 0 Å². The predicted molar refractivity (Wildman–Crippen MR) is 123 cm³/mol. The molecule has 0 unspecified atom stereocenters. The van der Waals surface area contributed by atoms with Gasteiger partial charge in [0.2, 0.25) is 0 Å². The van der Waals surface area contributed by atoms with Crippen molar-refractivity contribution >= 4 is 17.4 Å². The van der Waals surface area contributed by atoms with Crippen molar-refractivity contribution in [1.82, 2.24) is 14.5 Å². The van der Waals surface area contributed by atoms with Gasteiger partial charge in [-0.05, 0) is 42.7 Å². The largest absolute Gasteiger partial charge is 0.507 e. The summed E-state index contributed by atoms with van der Waals surface area (Å²) in [5.41, 5.74) is 2.42. The molecule has 5 rings (SSSR count). The molecule has 0 radical (unpaired) electrons. The zero-order valence-electron chi connectivity index (χ0n) is 18.3. The van der Waals surface area contributed by atoms with E-state index in [2.05, 4.69) is 4.98 Å². The Morgan fingerprint density at radius 1 is 1.15 bits per heavy atom. The topological polar surface area (TPSA) is 84.7 Å². The summed E-state index contributed by atoms with van der Waals surface area (Å²) >= 11 is 0. The van der Waals surface area contributed by atoms with Crippen LogP contribution in [0.3, 0.4) is 0 Å². The van der Waals surface area contributed by atoms with E-state index >= 15 is 0 Å². The normalized spacial score (nSPS) is 21.3. The third kappa shape index (κ3) is 3.91. The molecule has 1 saturated heterocycles. The molecule has 0 saturated carbocycles. The summed E-state index contributed by atoms with van der Waals surface area (Å²) in [5.74, 6) is -0.608. The van der Waals surface area contributed by atoms with E-state index in [0.29, 0.717) is 25.1 Å². The van der Waals surface area contributed by atoms with Crippen molar-refractivity contribution in [1.29, 1.82) is 0 Å². The van der Waals surface area contributed by atoms with Gasteiger partial charge in [-0.15, -0.1) is 0 Å². The van der Waals surface area contributed by atoms with Crippen LogP contribution in [0.25, 0.3) is 5.76 Å². The number of aromatic nitrogens is 2. The molecule has 1 N–H and O–H groups in total. The number of aliphatic hydroxyl groups is 1.